The van der Waals surface area contributed by atoms with E-state index in [4.69, 9.17) is 0 Å². The lowest BCUT2D eigenvalue weighted by molar-refractivity contribution is -0.275. The molecule has 0 spiro atoms. The molecule has 1 aliphatic carbocycles. The maximum Gasteiger partial charge on any atom is 0.523 e. The van der Waals surface area contributed by atoms with Crippen LogP contribution in [0.2, 0.25) is 0 Å². The summed E-state index contributed by atoms with van der Waals surface area (Å²) in [4.78, 5) is 0. The largest absolute Gasteiger partial charge is 0.523 e. The Morgan fingerprint density at radius 1 is 1.00 bits per heavy atom. The Hall–Kier alpha value is -0.510. The molecule has 3 nitrogen and oxygen atoms in total. The lowest BCUT2D eigenvalue weighted by Crippen LogP contribution is -2.55. The monoisotopic (exact) mass is 272 g/mol. The Labute approximate surface area is 86.5 Å². The minimum atomic E-state index is -6.22. The Morgan fingerprint density at radius 3 is 1.62 bits per heavy atom. The standard InChI is InChI=1S/C6H6F6O3S/c7-5(8,9)4(2-1-3-4)15-16(13,14)6(10,11)12/h1-3H2. The number of hydrogen-bond acceptors (Lipinski definition) is 3. The van der Waals surface area contributed by atoms with Crippen LogP contribution >= 0.6 is 0 Å². The van der Waals surface area contributed by atoms with Crippen LogP contribution in [0.25, 0.3) is 0 Å². The highest BCUT2D eigenvalue weighted by Crippen LogP contribution is 2.50. The Morgan fingerprint density at radius 2 is 1.44 bits per heavy atom. The van der Waals surface area contributed by atoms with Gasteiger partial charge in [0.25, 0.3) is 0 Å². The second-order valence-electron chi connectivity index (χ2n) is 3.33. The summed E-state index contributed by atoms with van der Waals surface area (Å²) in [5.41, 5.74) is -9.05. The Balaban J connectivity index is 2.97. The van der Waals surface area contributed by atoms with E-state index in [0.29, 0.717) is 0 Å². The van der Waals surface area contributed by atoms with Crippen molar-refractivity contribution in [1.82, 2.24) is 0 Å². The first-order chi connectivity index (χ1) is 6.91. The first kappa shape index (κ1) is 13.6. The van der Waals surface area contributed by atoms with E-state index in [9.17, 15) is 34.8 Å². The van der Waals surface area contributed by atoms with Gasteiger partial charge in [-0.15, -0.1) is 0 Å². The fraction of sp³-hybridized carbons (Fsp3) is 1.00. The fourth-order valence-corrected chi connectivity index (χ4v) is 1.94. The van der Waals surface area contributed by atoms with Crippen molar-refractivity contribution >= 4 is 10.1 Å². The van der Waals surface area contributed by atoms with Crippen LogP contribution in [0.3, 0.4) is 0 Å². The molecule has 0 N–H and O–H groups in total. The lowest BCUT2D eigenvalue weighted by Gasteiger charge is -2.41. The molecule has 10 heteroatoms. The molecule has 0 bridgehead atoms. The van der Waals surface area contributed by atoms with Crippen LogP contribution in [0.4, 0.5) is 26.3 Å². The first-order valence-electron chi connectivity index (χ1n) is 4.00. The third kappa shape index (κ3) is 2.12. The van der Waals surface area contributed by atoms with Gasteiger partial charge in [0, 0.05) is 0 Å². The van der Waals surface area contributed by atoms with Gasteiger partial charge in [-0.1, -0.05) is 0 Å². The molecule has 0 atom stereocenters. The van der Waals surface area contributed by atoms with Crippen molar-refractivity contribution in [1.29, 1.82) is 0 Å². The van der Waals surface area contributed by atoms with Crippen LogP contribution in [0.5, 0.6) is 0 Å². The van der Waals surface area contributed by atoms with Crippen LogP contribution in [0.15, 0.2) is 0 Å². The van der Waals surface area contributed by atoms with Crippen LogP contribution in [0, 0.1) is 0 Å². The van der Waals surface area contributed by atoms with Gasteiger partial charge in [-0.3, -0.25) is 0 Å². The SMILES string of the molecule is O=S(=O)(OC1(C(F)(F)F)CCC1)C(F)(F)F. The number of halogens is 6. The molecule has 0 heterocycles. The van der Waals surface area contributed by atoms with Crippen molar-refractivity contribution in [3.63, 3.8) is 0 Å². The van der Waals surface area contributed by atoms with E-state index in [0.717, 1.165) is 0 Å². The average molecular weight is 272 g/mol. The summed E-state index contributed by atoms with van der Waals surface area (Å²) < 4.78 is 96.7. The zero-order valence-electron chi connectivity index (χ0n) is 7.52. The molecule has 0 amide bonds. The van der Waals surface area contributed by atoms with E-state index in [2.05, 4.69) is 4.18 Å². The van der Waals surface area contributed by atoms with Gasteiger partial charge in [0.05, 0.1) is 0 Å². The second kappa shape index (κ2) is 3.49. The molecular formula is C6H6F6O3S. The van der Waals surface area contributed by atoms with Crippen molar-refractivity contribution in [2.45, 2.75) is 36.5 Å². The molecule has 96 valence electrons. The van der Waals surface area contributed by atoms with E-state index < -0.39 is 40.2 Å². The quantitative estimate of drug-likeness (QED) is 0.440. The van der Waals surface area contributed by atoms with Gasteiger partial charge in [-0.05, 0) is 19.3 Å². The topological polar surface area (TPSA) is 43.4 Å². The summed E-state index contributed by atoms with van der Waals surface area (Å²) in [6, 6.07) is 0. The minimum absolute atomic E-state index is 0.0348. The van der Waals surface area contributed by atoms with Gasteiger partial charge in [0.1, 0.15) is 0 Å². The summed E-state index contributed by atoms with van der Waals surface area (Å²) in [7, 11) is -6.22. The molecule has 1 saturated carbocycles. The fourth-order valence-electron chi connectivity index (χ4n) is 1.17. The van der Waals surface area contributed by atoms with Crippen molar-refractivity contribution in [2.75, 3.05) is 0 Å². The second-order valence-corrected chi connectivity index (χ2v) is 4.87. The zero-order valence-corrected chi connectivity index (χ0v) is 8.34. The third-order valence-corrected chi connectivity index (χ3v) is 3.34. The van der Waals surface area contributed by atoms with Crippen LogP contribution in [-0.2, 0) is 14.3 Å². The molecular weight excluding hydrogens is 266 g/mol. The third-order valence-electron chi connectivity index (χ3n) is 2.23. The number of rotatable bonds is 2. The normalized spacial score (nSPS) is 21.6. The van der Waals surface area contributed by atoms with Crippen LogP contribution in [-0.4, -0.2) is 25.7 Å². The maximum atomic E-state index is 12.3. The number of alkyl halides is 6. The molecule has 0 radical (unpaired) electrons. The molecule has 1 fully saturated rings. The molecule has 0 aliphatic heterocycles. The summed E-state index contributed by atoms with van der Waals surface area (Å²) in [6.45, 7) is 0. The molecule has 1 rings (SSSR count). The minimum Gasteiger partial charge on any atom is -0.247 e. The smallest absolute Gasteiger partial charge is 0.247 e. The van der Waals surface area contributed by atoms with E-state index in [1.165, 1.54) is 0 Å². The molecule has 0 aromatic heterocycles. The van der Waals surface area contributed by atoms with E-state index >= 15 is 0 Å². The Kier molecular flexibility index (Phi) is 2.96. The molecule has 0 unspecified atom stereocenters. The summed E-state index contributed by atoms with van der Waals surface area (Å²) >= 11 is 0. The van der Waals surface area contributed by atoms with Gasteiger partial charge in [-0.25, -0.2) is 4.18 Å². The van der Waals surface area contributed by atoms with Crippen LogP contribution in [0.1, 0.15) is 19.3 Å². The first-order valence-corrected chi connectivity index (χ1v) is 5.41. The highest BCUT2D eigenvalue weighted by Gasteiger charge is 2.65. The molecule has 0 aromatic carbocycles. The van der Waals surface area contributed by atoms with Gasteiger partial charge in [0.2, 0.25) is 0 Å². The van der Waals surface area contributed by atoms with E-state index in [1.54, 1.807) is 0 Å². The maximum absolute atomic E-state index is 12.3. The van der Waals surface area contributed by atoms with Gasteiger partial charge < -0.3 is 0 Å². The van der Waals surface area contributed by atoms with E-state index in [1.807, 2.05) is 0 Å². The van der Waals surface area contributed by atoms with Crippen LogP contribution < -0.4 is 0 Å². The van der Waals surface area contributed by atoms with Crippen molar-refractivity contribution in [3.05, 3.63) is 0 Å². The molecule has 0 aromatic rings. The highest BCUT2D eigenvalue weighted by molar-refractivity contribution is 7.87. The summed E-state index contributed by atoms with van der Waals surface area (Å²) in [5, 5.41) is 0. The van der Waals surface area contributed by atoms with Gasteiger partial charge in [0.15, 0.2) is 5.60 Å². The van der Waals surface area contributed by atoms with E-state index in [-0.39, 0.29) is 6.42 Å². The van der Waals surface area contributed by atoms with Gasteiger partial charge >= 0.3 is 21.8 Å². The zero-order chi connectivity index (χ0) is 12.8. The Bertz CT molecular complexity index is 363. The summed E-state index contributed by atoms with van der Waals surface area (Å²) in [5.74, 6) is 0. The van der Waals surface area contributed by atoms with Crippen molar-refractivity contribution in [2.24, 2.45) is 0 Å². The molecule has 1 aliphatic rings. The highest BCUT2D eigenvalue weighted by atomic mass is 32.2. The number of hydrogen-bond donors (Lipinski definition) is 0. The molecule has 16 heavy (non-hydrogen) atoms. The van der Waals surface area contributed by atoms with Crippen molar-refractivity contribution < 1.29 is 38.9 Å². The predicted octanol–water partition coefficient (Wildman–Crippen LogP) is 2.34. The summed E-state index contributed by atoms with van der Waals surface area (Å²) in [6.07, 6.45) is -6.74. The average Bonchev–Trinajstić information content (AvgIpc) is 1.91. The lowest BCUT2D eigenvalue weighted by atomic mass is 9.80. The predicted molar refractivity (Wildman–Crippen MR) is 38.7 cm³/mol. The van der Waals surface area contributed by atoms with Gasteiger partial charge in [-0.2, -0.15) is 34.8 Å². The molecule has 0 saturated heterocycles. The van der Waals surface area contributed by atoms with Crippen molar-refractivity contribution in [3.8, 4) is 0 Å².